The Morgan fingerprint density at radius 2 is 2.14 bits per heavy atom. The zero-order valence-electron chi connectivity index (χ0n) is 13.4. The van der Waals surface area contributed by atoms with Crippen molar-refractivity contribution in [2.24, 2.45) is 0 Å². The molecule has 0 spiro atoms. The summed E-state index contributed by atoms with van der Waals surface area (Å²) >= 11 is 0. The molecule has 2 heterocycles. The van der Waals surface area contributed by atoms with Gasteiger partial charge in [-0.1, -0.05) is 25.7 Å². The van der Waals surface area contributed by atoms with Gasteiger partial charge in [-0.05, 0) is 18.2 Å². The molecule has 2 rings (SSSR count). The second kappa shape index (κ2) is 7.34. The molecule has 0 bridgehead atoms. The lowest BCUT2D eigenvalue weighted by atomic mass is 10.3. The lowest BCUT2D eigenvalue weighted by Crippen LogP contribution is -2.22. The van der Waals surface area contributed by atoms with E-state index in [4.69, 9.17) is 10.00 Å². The highest BCUT2D eigenvalue weighted by atomic mass is 28.3. The summed E-state index contributed by atoms with van der Waals surface area (Å²) in [6.45, 7) is 8.19. The summed E-state index contributed by atoms with van der Waals surface area (Å²) in [4.78, 5) is 8.84. The maximum absolute atomic E-state index is 8.85. The Morgan fingerprint density at radius 1 is 1.32 bits per heavy atom. The summed E-state index contributed by atoms with van der Waals surface area (Å²) in [5.74, 6) is 0.749. The molecule has 0 unspecified atom stereocenters. The summed E-state index contributed by atoms with van der Waals surface area (Å²) in [6, 6.07) is 8.98. The largest absolute Gasteiger partial charge is 0.361 e. The molecule has 0 aliphatic heterocycles. The minimum atomic E-state index is -1.09. The van der Waals surface area contributed by atoms with Gasteiger partial charge in [0.15, 0.2) is 5.82 Å². The van der Waals surface area contributed by atoms with Crippen LogP contribution in [-0.2, 0) is 17.9 Å². The summed E-state index contributed by atoms with van der Waals surface area (Å²) in [7, 11) is -1.09. The molecule has 0 saturated heterocycles. The fraction of sp³-hybridized carbons (Fsp3) is 0.438. The van der Waals surface area contributed by atoms with E-state index >= 15 is 0 Å². The third kappa shape index (κ3) is 4.79. The van der Waals surface area contributed by atoms with Crippen LogP contribution in [0.2, 0.25) is 25.7 Å². The standard InChI is InChI=1S/C16H22N4OSi/c1-22(2,3)11-10-21-13-20-12-14(7-8-17)19-16(20)15-6-4-5-9-18-15/h4-6,9,12H,7,10-11,13H2,1-3H3. The predicted octanol–water partition coefficient (Wildman–Crippen LogP) is 3.32. The van der Waals surface area contributed by atoms with Crippen LogP contribution in [0, 0.1) is 11.3 Å². The van der Waals surface area contributed by atoms with Crippen molar-refractivity contribution >= 4 is 8.07 Å². The number of nitrogens with zero attached hydrogens (tertiary/aromatic N) is 4. The lowest BCUT2D eigenvalue weighted by molar-refractivity contribution is 0.0882. The van der Waals surface area contributed by atoms with Gasteiger partial charge in [-0.3, -0.25) is 4.98 Å². The van der Waals surface area contributed by atoms with Gasteiger partial charge in [0.2, 0.25) is 0 Å². The Morgan fingerprint density at radius 3 is 2.77 bits per heavy atom. The van der Waals surface area contributed by atoms with Crippen molar-refractivity contribution in [3.63, 3.8) is 0 Å². The van der Waals surface area contributed by atoms with Crippen LogP contribution in [0.5, 0.6) is 0 Å². The van der Waals surface area contributed by atoms with Crippen molar-refractivity contribution in [1.29, 1.82) is 5.26 Å². The zero-order valence-corrected chi connectivity index (χ0v) is 14.4. The fourth-order valence-electron chi connectivity index (χ4n) is 1.98. The van der Waals surface area contributed by atoms with Crippen molar-refractivity contribution in [2.45, 2.75) is 38.8 Å². The van der Waals surface area contributed by atoms with Gasteiger partial charge in [0.05, 0.1) is 18.2 Å². The van der Waals surface area contributed by atoms with Crippen molar-refractivity contribution in [2.75, 3.05) is 6.61 Å². The number of imidazole rings is 1. The number of hydrogen-bond acceptors (Lipinski definition) is 4. The Labute approximate surface area is 132 Å². The zero-order chi connectivity index (χ0) is 16.0. The molecule has 22 heavy (non-hydrogen) atoms. The van der Waals surface area contributed by atoms with Crippen molar-refractivity contribution in [3.8, 4) is 17.6 Å². The second-order valence-electron chi connectivity index (χ2n) is 6.42. The van der Waals surface area contributed by atoms with E-state index in [1.54, 1.807) is 6.20 Å². The van der Waals surface area contributed by atoms with Crippen LogP contribution in [0.15, 0.2) is 30.6 Å². The van der Waals surface area contributed by atoms with Gasteiger partial charge >= 0.3 is 0 Å². The van der Waals surface area contributed by atoms with Crippen LogP contribution >= 0.6 is 0 Å². The number of nitriles is 1. The highest BCUT2D eigenvalue weighted by Gasteiger charge is 2.14. The smallest absolute Gasteiger partial charge is 0.160 e. The Hall–Kier alpha value is -1.97. The van der Waals surface area contributed by atoms with E-state index in [1.165, 1.54) is 0 Å². The Kier molecular flexibility index (Phi) is 5.47. The van der Waals surface area contributed by atoms with E-state index < -0.39 is 8.07 Å². The molecule has 0 radical (unpaired) electrons. The van der Waals surface area contributed by atoms with Crippen molar-refractivity contribution in [1.82, 2.24) is 14.5 Å². The molecule has 116 valence electrons. The van der Waals surface area contributed by atoms with E-state index in [0.717, 1.165) is 29.9 Å². The first-order valence-corrected chi connectivity index (χ1v) is 11.1. The Bertz CT molecular complexity index is 640. The number of hydrogen-bond donors (Lipinski definition) is 0. The van der Waals surface area contributed by atoms with Crippen LogP contribution in [0.4, 0.5) is 0 Å². The van der Waals surface area contributed by atoms with Crippen LogP contribution in [-0.4, -0.2) is 29.2 Å². The van der Waals surface area contributed by atoms with E-state index in [2.05, 4.69) is 35.7 Å². The maximum Gasteiger partial charge on any atom is 0.160 e. The third-order valence-electron chi connectivity index (χ3n) is 3.21. The number of ether oxygens (including phenoxy) is 1. The van der Waals surface area contributed by atoms with Crippen molar-refractivity contribution < 1.29 is 4.74 Å². The molecule has 0 amide bonds. The maximum atomic E-state index is 8.85. The minimum Gasteiger partial charge on any atom is -0.361 e. The fourth-order valence-corrected chi connectivity index (χ4v) is 2.73. The van der Waals surface area contributed by atoms with Gasteiger partial charge in [0, 0.05) is 27.1 Å². The number of pyridine rings is 1. The molecule has 0 fully saturated rings. The molecule has 0 saturated carbocycles. The molecule has 6 heteroatoms. The highest BCUT2D eigenvalue weighted by molar-refractivity contribution is 6.76. The van der Waals surface area contributed by atoms with E-state index in [-0.39, 0.29) is 0 Å². The summed E-state index contributed by atoms with van der Waals surface area (Å²) < 4.78 is 7.73. The SMILES string of the molecule is C[Si](C)(C)CCOCn1cc(CC#N)nc1-c1ccccn1. The molecule has 0 aliphatic rings. The Balaban J connectivity index is 2.10. The molecular formula is C16H22N4OSi. The first-order valence-electron chi connectivity index (χ1n) is 7.42. The van der Waals surface area contributed by atoms with Gasteiger partial charge in [-0.25, -0.2) is 4.98 Å². The predicted molar refractivity (Wildman–Crippen MR) is 88.9 cm³/mol. The van der Waals surface area contributed by atoms with Gasteiger partial charge in [-0.2, -0.15) is 5.26 Å². The molecule has 0 N–H and O–H groups in total. The summed E-state index contributed by atoms with van der Waals surface area (Å²) in [6.07, 6.45) is 3.91. The monoisotopic (exact) mass is 314 g/mol. The summed E-state index contributed by atoms with van der Waals surface area (Å²) in [5, 5.41) is 8.85. The normalized spacial score (nSPS) is 11.4. The summed E-state index contributed by atoms with van der Waals surface area (Å²) in [5.41, 5.74) is 1.54. The van der Waals surface area contributed by atoms with Gasteiger partial charge in [-0.15, -0.1) is 0 Å². The van der Waals surface area contributed by atoms with E-state index in [0.29, 0.717) is 13.2 Å². The molecule has 0 atom stereocenters. The van der Waals surface area contributed by atoms with Crippen LogP contribution < -0.4 is 0 Å². The van der Waals surface area contributed by atoms with Crippen LogP contribution in [0.1, 0.15) is 5.69 Å². The van der Waals surface area contributed by atoms with Crippen LogP contribution in [0.3, 0.4) is 0 Å². The molecule has 2 aromatic rings. The third-order valence-corrected chi connectivity index (χ3v) is 4.91. The minimum absolute atomic E-state index is 0.293. The second-order valence-corrected chi connectivity index (χ2v) is 12.0. The van der Waals surface area contributed by atoms with E-state index in [9.17, 15) is 0 Å². The molecular weight excluding hydrogens is 292 g/mol. The van der Waals surface area contributed by atoms with Crippen LogP contribution in [0.25, 0.3) is 11.5 Å². The topological polar surface area (TPSA) is 63.7 Å². The molecule has 0 aliphatic carbocycles. The lowest BCUT2D eigenvalue weighted by Gasteiger charge is -2.16. The van der Waals surface area contributed by atoms with Gasteiger partial charge < -0.3 is 9.30 Å². The highest BCUT2D eigenvalue weighted by Crippen LogP contribution is 2.17. The van der Waals surface area contributed by atoms with Gasteiger partial charge in [0.1, 0.15) is 12.4 Å². The average Bonchev–Trinajstić information content (AvgIpc) is 2.87. The quantitative estimate of drug-likeness (QED) is 0.581. The first-order chi connectivity index (χ1) is 10.5. The van der Waals surface area contributed by atoms with E-state index in [1.807, 2.05) is 29.0 Å². The first kappa shape index (κ1) is 16.4. The number of aromatic nitrogens is 3. The molecule has 0 aromatic carbocycles. The van der Waals surface area contributed by atoms with Gasteiger partial charge in [0.25, 0.3) is 0 Å². The average molecular weight is 314 g/mol. The molecule has 5 nitrogen and oxygen atoms in total. The number of rotatable bonds is 7. The molecule has 2 aromatic heterocycles. The van der Waals surface area contributed by atoms with Crippen molar-refractivity contribution in [3.05, 3.63) is 36.3 Å².